The van der Waals surface area contributed by atoms with E-state index in [1.807, 2.05) is 36.4 Å². The molecule has 6 heteroatoms. The molecule has 29 heavy (non-hydrogen) atoms. The molecule has 6 nitrogen and oxygen atoms in total. The van der Waals surface area contributed by atoms with Gasteiger partial charge in [-0.1, -0.05) is 61.5 Å². The Balaban J connectivity index is 1.58. The van der Waals surface area contributed by atoms with E-state index in [4.69, 9.17) is 10.5 Å². The van der Waals surface area contributed by atoms with E-state index in [9.17, 15) is 14.7 Å². The van der Waals surface area contributed by atoms with E-state index < -0.39 is 18.1 Å². The number of nitrogens with one attached hydrogen (secondary N) is 1. The van der Waals surface area contributed by atoms with Gasteiger partial charge in [0.2, 0.25) is 0 Å². The van der Waals surface area contributed by atoms with E-state index in [0.29, 0.717) is 25.0 Å². The number of carbonyl (C=O) groups excluding carboxylic acids is 1. The number of hydrogen-bond donors (Lipinski definition) is 3. The molecule has 1 aliphatic rings. The molecule has 1 aliphatic carbocycles. The van der Waals surface area contributed by atoms with Gasteiger partial charge < -0.3 is 20.9 Å². The van der Waals surface area contributed by atoms with Gasteiger partial charge in [0.25, 0.3) is 0 Å². The molecule has 0 spiro atoms. The summed E-state index contributed by atoms with van der Waals surface area (Å²) in [5, 5.41) is 11.8. The number of unbranched alkanes of at least 4 members (excludes halogenated alkanes) is 1. The van der Waals surface area contributed by atoms with Crippen LogP contribution >= 0.6 is 0 Å². The van der Waals surface area contributed by atoms with Crippen LogP contribution in [0.15, 0.2) is 60.8 Å². The molecule has 4 N–H and O–H groups in total. The normalized spacial score (nSPS) is 13.2. The van der Waals surface area contributed by atoms with Crippen LogP contribution in [-0.2, 0) is 9.53 Å². The van der Waals surface area contributed by atoms with E-state index in [0.717, 1.165) is 28.7 Å². The maximum atomic E-state index is 12.2. The van der Waals surface area contributed by atoms with Crippen LogP contribution in [0.5, 0.6) is 0 Å². The fraction of sp³-hybridized carbons (Fsp3) is 0.304. The molecule has 0 fully saturated rings. The lowest BCUT2D eigenvalue weighted by Crippen LogP contribution is -2.41. The van der Waals surface area contributed by atoms with E-state index in [2.05, 4.69) is 24.0 Å². The summed E-state index contributed by atoms with van der Waals surface area (Å²) in [5.41, 5.74) is 10.6. The van der Waals surface area contributed by atoms with E-state index in [1.54, 1.807) is 0 Å². The zero-order valence-corrected chi connectivity index (χ0v) is 16.3. The Kier molecular flexibility index (Phi) is 6.54. The molecular weight excluding hydrogens is 368 g/mol. The summed E-state index contributed by atoms with van der Waals surface area (Å²) in [7, 11) is 0. The molecule has 1 atom stereocenters. The minimum Gasteiger partial charge on any atom is -0.480 e. The van der Waals surface area contributed by atoms with Gasteiger partial charge in [-0.25, -0.2) is 9.59 Å². The number of ether oxygens (including phenoxy) is 1. The Bertz CT molecular complexity index is 864. The zero-order chi connectivity index (χ0) is 20.8. The lowest BCUT2D eigenvalue weighted by Gasteiger charge is -2.17. The Morgan fingerprint density at radius 3 is 2.21 bits per heavy atom. The summed E-state index contributed by atoms with van der Waals surface area (Å²) >= 11 is 0. The van der Waals surface area contributed by atoms with Crippen LogP contribution in [0.25, 0.3) is 11.1 Å². The number of carbonyl (C=O) groups is 2. The molecule has 152 valence electrons. The Hall–Kier alpha value is -3.28. The van der Waals surface area contributed by atoms with Gasteiger partial charge in [0.05, 0.1) is 0 Å². The second-order valence-corrected chi connectivity index (χ2v) is 7.26. The van der Waals surface area contributed by atoms with Gasteiger partial charge in [0, 0.05) is 11.6 Å². The molecule has 0 aromatic heterocycles. The van der Waals surface area contributed by atoms with Crippen molar-refractivity contribution < 1.29 is 19.4 Å². The summed E-state index contributed by atoms with van der Waals surface area (Å²) in [5.74, 6) is -1.14. The Labute approximate surface area is 170 Å². The van der Waals surface area contributed by atoms with Crippen molar-refractivity contribution >= 4 is 12.1 Å². The van der Waals surface area contributed by atoms with Crippen molar-refractivity contribution in [2.45, 2.75) is 37.6 Å². The van der Waals surface area contributed by atoms with Gasteiger partial charge in [-0.05, 0) is 41.5 Å². The first-order valence-electron chi connectivity index (χ1n) is 9.75. The first-order valence-corrected chi connectivity index (χ1v) is 9.75. The molecule has 0 heterocycles. The molecule has 1 amide bonds. The summed E-state index contributed by atoms with van der Waals surface area (Å²) in [6, 6.07) is 15.1. The first-order chi connectivity index (χ1) is 14.0. The third-order valence-corrected chi connectivity index (χ3v) is 5.17. The molecular formula is C23H26N2O4. The third kappa shape index (κ3) is 4.96. The number of fused-ring (bicyclic) bond motifs is 3. The van der Waals surface area contributed by atoms with Gasteiger partial charge in [0.15, 0.2) is 0 Å². The smallest absolute Gasteiger partial charge is 0.407 e. The van der Waals surface area contributed by atoms with E-state index in [-0.39, 0.29) is 12.5 Å². The number of alkyl carbamates (subject to hydrolysis) is 1. The summed E-state index contributed by atoms with van der Waals surface area (Å²) in [4.78, 5) is 23.7. The van der Waals surface area contributed by atoms with Gasteiger partial charge in [-0.3, -0.25) is 0 Å². The monoisotopic (exact) mass is 394 g/mol. The van der Waals surface area contributed by atoms with Crippen LogP contribution in [-0.4, -0.2) is 29.8 Å². The number of benzene rings is 2. The predicted molar refractivity (Wildman–Crippen MR) is 111 cm³/mol. The lowest BCUT2D eigenvalue weighted by atomic mass is 9.98. The van der Waals surface area contributed by atoms with Crippen molar-refractivity contribution in [2.75, 3.05) is 6.61 Å². The highest BCUT2D eigenvalue weighted by Crippen LogP contribution is 2.44. The predicted octanol–water partition coefficient (Wildman–Crippen LogP) is 4.01. The SMILES string of the molecule is C=C(N)CCCC[C@H](NC(=O)OCC1c2ccccc2-c2ccccc21)C(=O)O. The molecule has 0 saturated carbocycles. The summed E-state index contributed by atoms with van der Waals surface area (Å²) in [6.45, 7) is 3.77. The minimum atomic E-state index is -1.08. The van der Waals surface area contributed by atoms with Gasteiger partial charge in [-0.15, -0.1) is 0 Å². The molecule has 0 radical (unpaired) electrons. The highest BCUT2D eigenvalue weighted by atomic mass is 16.5. The number of carboxylic acids is 1. The Morgan fingerprint density at radius 1 is 1.07 bits per heavy atom. The first kappa shape index (κ1) is 20.5. The van der Waals surface area contributed by atoms with Crippen LogP contribution in [0.1, 0.15) is 42.7 Å². The topological polar surface area (TPSA) is 102 Å². The summed E-state index contributed by atoms with van der Waals surface area (Å²) < 4.78 is 5.42. The fourth-order valence-electron chi connectivity index (χ4n) is 3.74. The van der Waals surface area contributed by atoms with E-state index >= 15 is 0 Å². The van der Waals surface area contributed by atoms with Crippen molar-refractivity contribution in [2.24, 2.45) is 5.73 Å². The molecule has 0 unspecified atom stereocenters. The van der Waals surface area contributed by atoms with Crippen LogP contribution < -0.4 is 11.1 Å². The van der Waals surface area contributed by atoms with Crippen LogP contribution in [0.3, 0.4) is 0 Å². The third-order valence-electron chi connectivity index (χ3n) is 5.17. The molecule has 0 saturated heterocycles. The number of hydrogen-bond acceptors (Lipinski definition) is 4. The van der Waals surface area contributed by atoms with Gasteiger partial charge in [-0.2, -0.15) is 0 Å². The average molecular weight is 394 g/mol. The van der Waals surface area contributed by atoms with Crippen molar-refractivity contribution in [1.29, 1.82) is 0 Å². The van der Waals surface area contributed by atoms with Crippen molar-refractivity contribution in [3.05, 3.63) is 71.9 Å². The average Bonchev–Trinajstić information content (AvgIpc) is 3.02. The van der Waals surface area contributed by atoms with Gasteiger partial charge >= 0.3 is 12.1 Å². The molecule has 2 aromatic carbocycles. The van der Waals surface area contributed by atoms with Gasteiger partial charge in [0.1, 0.15) is 12.6 Å². The second kappa shape index (κ2) is 9.28. The number of rotatable bonds is 9. The molecule has 3 rings (SSSR count). The number of allylic oxidation sites excluding steroid dienone is 1. The highest BCUT2D eigenvalue weighted by molar-refractivity contribution is 5.81. The number of aliphatic carboxylic acids is 1. The maximum Gasteiger partial charge on any atom is 0.407 e. The quantitative estimate of drug-likeness (QED) is 0.558. The number of nitrogens with two attached hydrogens (primary N) is 1. The minimum absolute atomic E-state index is 0.0630. The number of carboxylic acid groups (broad SMARTS) is 1. The second-order valence-electron chi connectivity index (χ2n) is 7.26. The molecule has 0 bridgehead atoms. The number of amides is 1. The largest absolute Gasteiger partial charge is 0.480 e. The van der Waals surface area contributed by atoms with Crippen molar-refractivity contribution in [3.8, 4) is 11.1 Å². The standard InChI is InChI=1S/C23H26N2O4/c1-15(24)8-2-7-13-21(22(26)27)25-23(28)29-14-20-18-11-5-3-9-16(18)17-10-4-6-12-19(17)20/h3-6,9-12,20-21H,1-2,7-8,13-14,24H2,(H,25,28)(H,26,27)/t21-/m0/s1. The van der Waals surface area contributed by atoms with Crippen LogP contribution in [0.4, 0.5) is 4.79 Å². The van der Waals surface area contributed by atoms with Crippen molar-refractivity contribution in [1.82, 2.24) is 5.32 Å². The lowest BCUT2D eigenvalue weighted by molar-refractivity contribution is -0.139. The van der Waals surface area contributed by atoms with Crippen LogP contribution in [0, 0.1) is 0 Å². The van der Waals surface area contributed by atoms with E-state index in [1.165, 1.54) is 0 Å². The Morgan fingerprint density at radius 2 is 1.66 bits per heavy atom. The molecule has 2 aromatic rings. The molecule has 0 aliphatic heterocycles. The fourth-order valence-corrected chi connectivity index (χ4v) is 3.74. The highest BCUT2D eigenvalue weighted by Gasteiger charge is 2.29. The zero-order valence-electron chi connectivity index (χ0n) is 16.3. The van der Waals surface area contributed by atoms with Crippen molar-refractivity contribution in [3.63, 3.8) is 0 Å². The summed E-state index contributed by atoms with van der Waals surface area (Å²) in [6.07, 6.45) is 1.58. The van der Waals surface area contributed by atoms with Crippen LogP contribution in [0.2, 0.25) is 0 Å². The maximum absolute atomic E-state index is 12.2.